The number of carbonyl (C=O) groups excluding carboxylic acids is 1. The lowest BCUT2D eigenvalue weighted by Crippen LogP contribution is -1.96. The fourth-order valence-electron chi connectivity index (χ4n) is 0.985. The lowest BCUT2D eigenvalue weighted by atomic mass is 10.0. The average Bonchev–Trinajstić information content (AvgIpc) is 1.88. The maximum atomic E-state index is 10.1. The molecule has 0 aliphatic heterocycles. The Kier molecular flexibility index (Phi) is 2.26. The molecule has 1 aliphatic carbocycles. The molecular formula is C8H9O2. The summed E-state index contributed by atoms with van der Waals surface area (Å²) in [7, 11) is 0. The maximum absolute atomic E-state index is 10.1. The lowest BCUT2D eigenvalue weighted by Gasteiger charge is -2.03. The minimum Gasteiger partial charge on any atom is -0.247 e. The Morgan fingerprint density at radius 2 is 2.40 bits per heavy atom. The fraction of sp³-hybridized carbons (Fsp3) is 0.375. The zero-order chi connectivity index (χ0) is 7.40. The lowest BCUT2D eigenvalue weighted by molar-refractivity contribution is -0.142. The van der Waals surface area contributed by atoms with Gasteiger partial charge in [0, 0.05) is 0 Å². The minimum absolute atomic E-state index is 0.0876. The normalized spacial score (nSPS) is 16.6. The molecular weight excluding hydrogens is 128 g/mol. The van der Waals surface area contributed by atoms with E-state index in [4.69, 9.17) is 0 Å². The molecule has 0 bridgehead atoms. The molecule has 53 valence electrons. The number of allylic oxidation sites excluding steroid dienone is 3. The van der Waals surface area contributed by atoms with E-state index >= 15 is 0 Å². The molecule has 0 atom stereocenters. The SMILES string of the molecule is [O]C(=O)CC1=CC=CCC1. The Morgan fingerprint density at radius 3 is 2.90 bits per heavy atom. The molecule has 0 saturated carbocycles. The number of carbonyl (C=O) groups is 1. The van der Waals surface area contributed by atoms with Crippen LogP contribution in [0.1, 0.15) is 19.3 Å². The van der Waals surface area contributed by atoms with Gasteiger partial charge < -0.3 is 0 Å². The summed E-state index contributed by atoms with van der Waals surface area (Å²) < 4.78 is 0. The molecule has 2 nitrogen and oxygen atoms in total. The van der Waals surface area contributed by atoms with Crippen LogP contribution in [0.5, 0.6) is 0 Å². The third-order valence-electron chi connectivity index (χ3n) is 1.47. The summed E-state index contributed by atoms with van der Waals surface area (Å²) >= 11 is 0. The van der Waals surface area contributed by atoms with Crippen molar-refractivity contribution >= 4 is 5.97 Å². The highest BCUT2D eigenvalue weighted by Gasteiger charge is 2.05. The maximum Gasteiger partial charge on any atom is 0.359 e. The highest BCUT2D eigenvalue weighted by Crippen LogP contribution is 2.14. The summed E-state index contributed by atoms with van der Waals surface area (Å²) in [5, 5.41) is 10.1. The van der Waals surface area contributed by atoms with Crippen LogP contribution in [-0.4, -0.2) is 5.97 Å². The van der Waals surface area contributed by atoms with Crippen molar-refractivity contribution < 1.29 is 9.90 Å². The predicted molar refractivity (Wildman–Crippen MR) is 36.8 cm³/mol. The molecule has 0 amide bonds. The van der Waals surface area contributed by atoms with Gasteiger partial charge in [0.1, 0.15) is 0 Å². The van der Waals surface area contributed by atoms with Crippen LogP contribution in [-0.2, 0) is 9.90 Å². The van der Waals surface area contributed by atoms with E-state index in [9.17, 15) is 9.90 Å². The fourth-order valence-corrected chi connectivity index (χ4v) is 0.985. The topological polar surface area (TPSA) is 37.0 Å². The molecule has 1 radical (unpaired) electrons. The van der Waals surface area contributed by atoms with Crippen LogP contribution in [0, 0.1) is 0 Å². The van der Waals surface area contributed by atoms with Gasteiger partial charge in [0.2, 0.25) is 0 Å². The van der Waals surface area contributed by atoms with Gasteiger partial charge >= 0.3 is 5.97 Å². The first kappa shape index (κ1) is 7.06. The molecule has 1 aliphatic rings. The molecule has 0 aromatic carbocycles. The monoisotopic (exact) mass is 137 g/mol. The Hall–Kier alpha value is -1.05. The molecule has 1 rings (SSSR count). The first-order valence-electron chi connectivity index (χ1n) is 3.33. The van der Waals surface area contributed by atoms with Crippen LogP contribution in [0.25, 0.3) is 0 Å². The van der Waals surface area contributed by atoms with Crippen molar-refractivity contribution in [2.24, 2.45) is 0 Å². The zero-order valence-electron chi connectivity index (χ0n) is 5.67. The third-order valence-corrected chi connectivity index (χ3v) is 1.47. The molecule has 0 saturated heterocycles. The van der Waals surface area contributed by atoms with E-state index in [-0.39, 0.29) is 6.42 Å². The van der Waals surface area contributed by atoms with Crippen LogP contribution in [0.3, 0.4) is 0 Å². The minimum atomic E-state index is -0.985. The summed E-state index contributed by atoms with van der Waals surface area (Å²) in [4.78, 5) is 10.1. The van der Waals surface area contributed by atoms with Gasteiger partial charge in [-0.25, -0.2) is 9.90 Å². The van der Waals surface area contributed by atoms with Crippen molar-refractivity contribution in [3.63, 3.8) is 0 Å². The number of rotatable bonds is 2. The molecule has 0 unspecified atom stereocenters. The Morgan fingerprint density at radius 1 is 1.60 bits per heavy atom. The van der Waals surface area contributed by atoms with Crippen molar-refractivity contribution in [2.75, 3.05) is 0 Å². The Bertz CT molecular complexity index is 189. The highest BCUT2D eigenvalue weighted by molar-refractivity contribution is 5.69. The van der Waals surface area contributed by atoms with Crippen molar-refractivity contribution in [3.8, 4) is 0 Å². The molecule has 0 aromatic rings. The molecule has 0 spiro atoms. The summed E-state index contributed by atoms with van der Waals surface area (Å²) in [6.45, 7) is 0. The Balaban J connectivity index is 2.47. The number of hydrogen-bond donors (Lipinski definition) is 0. The molecule has 10 heavy (non-hydrogen) atoms. The van der Waals surface area contributed by atoms with E-state index in [0.717, 1.165) is 18.4 Å². The van der Waals surface area contributed by atoms with E-state index in [1.54, 1.807) is 0 Å². The van der Waals surface area contributed by atoms with E-state index in [0.29, 0.717) is 0 Å². The van der Waals surface area contributed by atoms with Gasteiger partial charge in [-0.1, -0.05) is 23.8 Å². The number of hydrogen-bond acceptors (Lipinski definition) is 1. The molecule has 0 aromatic heterocycles. The van der Waals surface area contributed by atoms with Gasteiger partial charge in [0.05, 0.1) is 6.42 Å². The van der Waals surface area contributed by atoms with Gasteiger partial charge in [0.25, 0.3) is 0 Å². The van der Waals surface area contributed by atoms with Crippen LogP contribution in [0.4, 0.5) is 0 Å². The summed E-state index contributed by atoms with van der Waals surface area (Å²) in [5.41, 5.74) is 0.961. The smallest absolute Gasteiger partial charge is 0.247 e. The third kappa shape index (κ3) is 2.05. The van der Waals surface area contributed by atoms with Gasteiger partial charge in [-0.2, -0.15) is 0 Å². The van der Waals surface area contributed by atoms with Gasteiger partial charge in [-0.3, -0.25) is 0 Å². The van der Waals surface area contributed by atoms with Crippen LogP contribution in [0.15, 0.2) is 23.8 Å². The summed E-state index contributed by atoms with van der Waals surface area (Å²) in [5.74, 6) is -0.985. The zero-order valence-corrected chi connectivity index (χ0v) is 5.67. The summed E-state index contributed by atoms with van der Waals surface area (Å²) in [6, 6.07) is 0. The van der Waals surface area contributed by atoms with Crippen molar-refractivity contribution in [1.29, 1.82) is 0 Å². The molecule has 2 heteroatoms. The van der Waals surface area contributed by atoms with Crippen molar-refractivity contribution in [2.45, 2.75) is 19.3 Å². The van der Waals surface area contributed by atoms with E-state index in [2.05, 4.69) is 0 Å². The van der Waals surface area contributed by atoms with Gasteiger partial charge in [0.15, 0.2) is 0 Å². The van der Waals surface area contributed by atoms with E-state index in [1.807, 2.05) is 18.2 Å². The van der Waals surface area contributed by atoms with Crippen molar-refractivity contribution in [1.82, 2.24) is 0 Å². The average molecular weight is 137 g/mol. The van der Waals surface area contributed by atoms with Crippen molar-refractivity contribution in [3.05, 3.63) is 23.8 Å². The molecule has 0 N–H and O–H groups in total. The van der Waals surface area contributed by atoms with Gasteiger partial charge in [-0.15, -0.1) is 0 Å². The van der Waals surface area contributed by atoms with Crippen LogP contribution >= 0.6 is 0 Å². The standard InChI is InChI=1S/C8H9O2/c9-8(10)6-7-4-2-1-3-5-7/h1-2,4H,3,5-6H2. The van der Waals surface area contributed by atoms with Crippen LogP contribution < -0.4 is 0 Å². The highest BCUT2D eigenvalue weighted by atomic mass is 16.4. The Labute approximate surface area is 59.9 Å². The second-order valence-corrected chi connectivity index (χ2v) is 2.34. The molecule has 0 heterocycles. The predicted octanol–water partition coefficient (Wildman–Crippen LogP) is 1.61. The van der Waals surface area contributed by atoms with Gasteiger partial charge in [-0.05, 0) is 12.8 Å². The van der Waals surface area contributed by atoms with Crippen LogP contribution in [0.2, 0.25) is 0 Å². The first-order valence-corrected chi connectivity index (χ1v) is 3.33. The molecule has 0 fully saturated rings. The van der Waals surface area contributed by atoms with E-state index < -0.39 is 5.97 Å². The second-order valence-electron chi connectivity index (χ2n) is 2.34. The second kappa shape index (κ2) is 3.20. The summed E-state index contributed by atoms with van der Waals surface area (Å²) in [6.07, 6.45) is 7.67. The largest absolute Gasteiger partial charge is 0.359 e. The van der Waals surface area contributed by atoms with E-state index in [1.165, 1.54) is 0 Å². The first-order chi connectivity index (χ1) is 4.79. The quantitative estimate of drug-likeness (QED) is 0.569.